The van der Waals surface area contributed by atoms with Crippen molar-refractivity contribution in [2.75, 3.05) is 13.2 Å². The van der Waals surface area contributed by atoms with Gasteiger partial charge in [0.25, 0.3) is 0 Å². The minimum Gasteiger partial charge on any atom is -0.444 e. The van der Waals surface area contributed by atoms with Crippen LogP contribution in [-0.2, 0) is 19.0 Å². The summed E-state index contributed by atoms with van der Waals surface area (Å²) in [5.41, 5.74) is -0.799. The van der Waals surface area contributed by atoms with E-state index in [1.165, 1.54) is 0 Å². The van der Waals surface area contributed by atoms with E-state index in [1.807, 2.05) is 20.8 Å². The van der Waals surface area contributed by atoms with Crippen LogP contribution in [0, 0.1) is 5.41 Å². The van der Waals surface area contributed by atoms with Crippen molar-refractivity contribution in [3.05, 3.63) is 0 Å². The average molecular weight is 358 g/mol. The molecule has 1 fully saturated rings. The SMILES string of the molecule is CC(C)(C)COC(=O)O[C@@H]1CC[C@H](NC(=O)OC(C)(C)C)C(=O)NC1. The second-order valence-electron chi connectivity index (χ2n) is 8.36. The van der Waals surface area contributed by atoms with Crippen molar-refractivity contribution in [2.24, 2.45) is 5.41 Å². The number of nitrogens with one attached hydrogen (secondary N) is 2. The molecule has 2 atom stereocenters. The smallest absolute Gasteiger partial charge is 0.444 e. The van der Waals surface area contributed by atoms with Crippen molar-refractivity contribution in [1.29, 1.82) is 0 Å². The Labute approximate surface area is 148 Å². The highest BCUT2D eigenvalue weighted by Crippen LogP contribution is 2.15. The molecule has 0 aromatic rings. The lowest BCUT2D eigenvalue weighted by Gasteiger charge is -2.22. The highest BCUT2D eigenvalue weighted by molar-refractivity contribution is 5.85. The van der Waals surface area contributed by atoms with Gasteiger partial charge in [0.15, 0.2) is 0 Å². The Bertz CT molecular complexity index is 492. The van der Waals surface area contributed by atoms with Gasteiger partial charge in [-0.3, -0.25) is 4.79 Å². The molecule has 1 saturated heterocycles. The van der Waals surface area contributed by atoms with Gasteiger partial charge in [0.1, 0.15) is 17.7 Å². The van der Waals surface area contributed by atoms with E-state index in [2.05, 4.69) is 10.6 Å². The lowest BCUT2D eigenvalue weighted by molar-refractivity contribution is -0.123. The maximum Gasteiger partial charge on any atom is 0.508 e. The molecule has 0 unspecified atom stereocenters. The Morgan fingerprint density at radius 2 is 1.80 bits per heavy atom. The summed E-state index contributed by atoms with van der Waals surface area (Å²) in [6.45, 7) is 11.5. The van der Waals surface area contributed by atoms with E-state index in [4.69, 9.17) is 14.2 Å². The first kappa shape index (κ1) is 21.1. The third-order valence-electron chi connectivity index (χ3n) is 3.17. The number of alkyl carbamates (subject to hydrolysis) is 1. The monoisotopic (exact) mass is 358 g/mol. The summed E-state index contributed by atoms with van der Waals surface area (Å²) in [5.74, 6) is -0.333. The highest BCUT2D eigenvalue weighted by atomic mass is 16.7. The fourth-order valence-corrected chi connectivity index (χ4v) is 2.06. The van der Waals surface area contributed by atoms with Crippen molar-refractivity contribution < 1.29 is 28.6 Å². The first-order chi connectivity index (χ1) is 11.4. The van der Waals surface area contributed by atoms with Gasteiger partial charge >= 0.3 is 12.2 Å². The van der Waals surface area contributed by atoms with E-state index in [1.54, 1.807) is 20.8 Å². The van der Waals surface area contributed by atoms with Crippen LogP contribution in [0.2, 0.25) is 0 Å². The predicted octanol–water partition coefficient (Wildman–Crippen LogP) is 2.36. The summed E-state index contributed by atoms with van der Waals surface area (Å²) < 4.78 is 15.4. The van der Waals surface area contributed by atoms with Crippen LogP contribution in [0.15, 0.2) is 0 Å². The zero-order valence-corrected chi connectivity index (χ0v) is 15.9. The first-order valence-electron chi connectivity index (χ1n) is 8.46. The molecule has 0 spiro atoms. The quantitative estimate of drug-likeness (QED) is 0.751. The van der Waals surface area contributed by atoms with Crippen LogP contribution in [-0.4, -0.2) is 49.1 Å². The van der Waals surface area contributed by atoms with Gasteiger partial charge < -0.3 is 24.8 Å². The van der Waals surface area contributed by atoms with Crippen LogP contribution in [0.5, 0.6) is 0 Å². The lowest BCUT2D eigenvalue weighted by Crippen LogP contribution is -2.47. The van der Waals surface area contributed by atoms with Gasteiger partial charge in [-0.2, -0.15) is 0 Å². The van der Waals surface area contributed by atoms with Crippen molar-refractivity contribution in [1.82, 2.24) is 10.6 Å². The zero-order chi connectivity index (χ0) is 19.3. The molecule has 0 bridgehead atoms. The first-order valence-corrected chi connectivity index (χ1v) is 8.46. The number of rotatable bonds is 3. The molecule has 0 radical (unpaired) electrons. The Kier molecular flexibility index (Phi) is 7.07. The maximum absolute atomic E-state index is 12.1. The molecule has 8 nitrogen and oxygen atoms in total. The largest absolute Gasteiger partial charge is 0.508 e. The van der Waals surface area contributed by atoms with E-state index >= 15 is 0 Å². The van der Waals surface area contributed by atoms with Gasteiger partial charge in [0.05, 0.1) is 13.2 Å². The van der Waals surface area contributed by atoms with Gasteiger partial charge in [-0.1, -0.05) is 20.8 Å². The number of ether oxygens (including phenoxy) is 3. The molecule has 1 rings (SSSR count). The standard InChI is InChI=1S/C17H30N2O6/c1-16(2,3)10-23-15(22)24-11-7-8-12(13(20)18-9-11)19-14(21)25-17(4,5)6/h11-12H,7-10H2,1-6H3,(H,18,20)(H,19,21)/t11-,12+/m1/s1. The molecule has 8 heteroatoms. The highest BCUT2D eigenvalue weighted by Gasteiger charge is 2.30. The number of carbonyl (C=O) groups is 3. The van der Waals surface area contributed by atoms with Crippen molar-refractivity contribution >= 4 is 18.2 Å². The molecular formula is C17H30N2O6. The molecule has 0 aromatic heterocycles. The second-order valence-corrected chi connectivity index (χ2v) is 8.36. The second kappa shape index (κ2) is 8.40. The molecule has 0 aliphatic carbocycles. The molecular weight excluding hydrogens is 328 g/mol. The predicted molar refractivity (Wildman–Crippen MR) is 91.1 cm³/mol. The number of hydrogen-bond donors (Lipinski definition) is 2. The summed E-state index contributed by atoms with van der Waals surface area (Å²) in [6, 6.07) is -0.728. The van der Waals surface area contributed by atoms with Crippen molar-refractivity contribution in [3.8, 4) is 0 Å². The van der Waals surface area contributed by atoms with Crippen LogP contribution in [0.1, 0.15) is 54.4 Å². The van der Waals surface area contributed by atoms with Crippen LogP contribution in [0.25, 0.3) is 0 Å². The van der Waals surface area contributed by atoms with E-state index in [9.17, 15) is 14.4 Å². The van der Waals surface area contributed by atoms with Gasteiger partial charge in [0.2, 0.25) is 5.91 Å². The summed E-state index contributed by atoms with van der Waals surface area (Å²) in [5, 5.41) is 5.19. The average Bonchev–Trinajstić information content (AvgIpc) is 2.58. The fourth-order valence-electron chi connectivity index (χ4n) is 2.06. The molecule has 2 N–H and O–H groups in total. The topological polar surface area (TPSA) is 103 Å². The number of carbonyl (C=O) groups excluding carboxylic acids is 3. The third-order valence-corrected chi connectivity index (χ3v) is 3.17. The number of amides is 2. The van der Waals surface area contributed by atoms with Gasteiger partial charge in [-0.15, -0.1) is 0 Å². The Morgan fingerprint density at radius 3 is 2.36 bits per heavy atom. The minimum absolute atomic E-state index is 0.154. The van der Waals surface area contributed by atoms with Crippen LogP contribution >= 0.6 is 0 Å². The van der Waals surface area contributed by atoms with Crippen molar-refractivity contribution in [3.63, 3.8) is 0 Å². The third kappa shape index (κ3) is 9.16. The van der Waals surface area contributed by atoms with Gasteiger partial charge in [-0.05, 0) is 39.0 Å². The van der Waals surface area contributed by atoms with Gasteiger partial charge in [0, 0.05) is 0 Å². The summed E-state index contributed by atoms with van der Waals surface area (Å²) in [6.07, 6.45) is -1.15. The molecule has 0 aromatic carbocycles. The summed E-state index contributed by atoms with van der Waals surface area (Å²) in [7, 11) is 0. The molecule has 144 valence electrons. The summed E-state index contributed by atoms with van der Waals surface area (Å²) >= 11 is 0. The van der Waals surface area contributed by atoms with Crippen LogP contribution in [0.3, 0.4) is 0 Å². The van der Waals surface area contributed by atoms with E-state index in [0.717, 1.165) is 0 Å². The summed E-state index contributed by atoms with van der Waals surface area (Å²) in [4.78, 5) is 35.6. The molecule has 2 amide bonds. The maximum atomic E-state index is 12.1. The molecule has 1 heterocycles. The Morgan fingerprint density at radius 1 is 1.16 bits per heavy atom. The number of hydrogen-bond acceptors (Lipinski definition) is 6. The zero-order valence-electron chi connectivity index (χ0n) is 15.9. The van der Waals surface area contributed by atoms with Crippen molar-refractivity contribution in [2.45, 2.75) is 72.1 Å². The lowest BCUT2D eigenvalue weighted by atomic mass is 9.99. The Balaban J connectivity index is 2.47. The van der Waals surface area contributed by atoms with E-state index < -0.39 is 30.0 Å². The van der Waals surface area contributed by atoms with E-state index in [-0.39, 0.29) is 24.5 Å². The molecule has 1 aliphatic heterocycles. The normalized spacial score (nSPS) is 21.6. The Hall–Kier alpha value is -1.99. The minimum atomic E-state index is -0.757. The van der Waals surface area contributed by atoms with Gasteiger partial charge in [-0.25, -0.2) is 9.59 Å². The van der Waals surface area contributed by atoms with Crippen LogP contribution < -0.4 is 10.6 Å². The molecule has 25 heavy (non-hydrogen) atoms. The fraction of sp³-hybridized carbons (Fsp3) is 0.824. The molecule has 0 saturated carbocycles. The van der Waals surface area contributed by atoms with Crippen LogP contribution in [0.4, 0.5) is 9.59 Å². The molecule has 1 aliphatic rings. The van der Waals surface area contributed by atoms with E-state index in [0.29, 0.717) is 12.8 Å².